The molecular formula is C26H23F2N. The first-order chi connectivity index (χ1) is 13.9. The zero-order chi connectivity index (χ0) is 20.6. The maximum atomic E-state index is 15.4. The van der Waals surface area contributed by atoms with Gasteiger partial charge >= 0.3 is 0 Å². The van der Waals surface area contributed by atoms with Crippen molar-refractivity contribution >= 4 is 22.1 Å². The average molecular weight is 387 g/mol. The summed E-state index contributed by atoms with van der Waals surface area (Å²) >= 11 is 0. The Morgan fingerprint density at radius 3 is 2.03 bits per heavy atom. The standard InChI is InChI=1S/C26H23F2N/c1-26(2,3)29(24-14-7-6-13-22(24)27)25-16-15-19(17-23(25)28)21-12-8-10-18-9-4-5-11-20(18)21/h4-17H,1-3H3. The molecule has 146 valence electrons. The molecule has 0 unspecified atom stereocenters. The largest absolute Gasteiger partial charge is 0.331 e. The third-order valence-electron chi connectivity index (χ3n) is 5.05. The SMILES string of the molecule is CC(C)(C)N(c1ccccc1F)c1ccc(-c2cccc3ccccc23)cc1F. The Balaban J connectivity index is 1.85. The van der Waals surface area contributed by atoms with Crippen molar-refractivity contribution in [3.05, 3.63) is 96.6 Å². The Kier molecular flexibility index (Phi) is 4.83. The molecule has 4 rings (SSSR count). The maximum Gasteiger partial charge on any atom is 0.147 e. The van der Waals surface area contributed by atoms with Crippen LogP contribution < -0.4 is 4.90 Å². The summed E-state index contributed by atoms with van der Waals surface area (Å²) < 4.78 is 29.9. The second-order valence-corrected chi connectivity index (χ2v) is 8.15. The highest BCUT2D eigenvalue weighted by atomic mass is 19.1. The van der Waals surface area contributed by atoms with Crippen molar-refractivity contribution in [1.82, 2.24) is 0 Å². The number of fused-ring (bicyclic) bond motifs is 1. The molecule has 0 bridgehead atoms. The van der Waals surface area contributed by atoms with E-state index < -0.39 is 5.54 Å². The molecule has 0 N–H and O–H groups in total. The lowest BCUT2D eigenvalue weighted by atomic mass is 9.97. The molecule has 0 atom stereocenters. The third-order valence-corrected chi connectivity index (χ3v) is 5.05. The van der Waals surface area contributed by atoms with Crippen LogP contribution in [0.5, 0.6) is 0 Å². The molecule has 0 amide bonds. The van der Waals surface area contributed by atoms with Crippen LogP contribution in [0.15, 0.2) is 84.9 Å². The third kappa shape index (κ3) is 3.61. The zero-order valence-electron chi connectivity index (χ0n) is 16.8. The number of para-hydroxylation sites is 1. The molecule has 4 aromatic rings. The Bertz CT molecular complexity index is 1170. The van der Waals surface area contributed by atoms with Gasteiger partial charge in [-0.15, -0.1) is 0 Å². The fourth-order valence-electron chi connectivity index (χ4n) is 3.82. The molecule has 0 aliphatic heterocycles. The quantitative estimate of drug-likeness (QED) is 0.348. The van der Waals surface area contributed by atoms with Crippen LogP contribution in [0, 0.1) is 11.6 Å². The van der Waals surface area contributed by atoms with E-state index in [4.69, 9.17) is 0 Å². The van der Waals surface area contributed by atoms with Crippen LogP contribution in [0.3, 0.4) is 0 Å². The van der Waals surface area contributed by atoms with Crippen molar-refractivity contribution in [2.75, 3.05) is 4.90 Å². The van der Waals surface area contributed by atoms with Gasteiger partial charge in [-0.3, -0.25) is 0 Å². The normalized spacial score (nSPS) is 11.6. The highest BCUT2D eigenvalue weighted by molar-refractivity contribution is 5.96. The maximum absolute atomic E-state index is 15.4. The molecule has 3 heteroatoms. The van der Waals surface area contributed by atoms with Gasteiger partial charge in [0.25, 0.3) is 0 Å². The summed E-state index contributed by atoms with van der Waals surface area (Å²) in [7, 11) is 0. The molecular weight excluding hydrogens is 364 g/mol. The number of rotatable bonds is 3. The Hall–Kier alpha value is -3.20. The van der Waals surface area contributed by atoms with Gasteiger partial charge in [-0.1, -0.05) is 60.7 Å². The van der Waals surface area contributed by atoms with Crippen molar-refractivity contribution in [2.45, 2.75) is 26.3 Å². The minimum atomic E-state index is -0.510. The van der Waals surface area contributed by atoms with Crippen LogP contribution in [0.1, 0.15) is 20.8 Å². The number of benzene rings is 4. The van der Waals surface area contributed by atoms with Crippen LogP contribution in [0.2, 0.25) is 0 Å². The van der Waals surface area contributed by atoms with Gasteiger partial charge in [0.1, 0.15) is 11.6 Å². The Morgan fingerprint density at radius 1 is 0.655 bits per heavy atom. The van der Waals surface area contributed by atoms with E-state index in [9.17, 15) is 4.39 Å². The summed E-state index contributed by atoms with van der Waals surface area (Å²) in [6.45, 7) is 5.83. The van der Waals surface area contributed by atoms with Gasteiger partial charge in [-0.2, -0.15) is 0 Å². The van der Waals surface area contributed by atoms with Crippen LogP contribution >= 0.6 is 0 Å². The molecule has 0 radical (unpaired) electrons. The van der Waals surface area contributed by atoms with Crippen molar-refractivity contribution in [1.29, 1.82) is 0 Å². The highest BCUT2D eigenvalue weighted by Crippen LogP contribution is 2.38. The summed E-state index contributed by atoms with van der Waals surface area (Å²) in [6, 6.07) is 25.7. The average Bonchev–Trinajstić information content (AvgIpc) is 2.69. The van der Waals surface area contributed by atoms with Crippen molar-refractivity contribution in [3.63, 3.8) is 0 Å². The number of halogens is 2. The van der Waals surface area contributed by atoms with E-state index in [1.807, 2.05) is 69.3 Å². The van der Waals surface area contributed by atoms with Crippen LogP contribution in [-0.2, 0) is 0 Å². The van der Waals surface area contributed by atoms with Crippen molar-refractivity contribution in [3.8, 4) is 11.1 Å². The number of nitrogens with zero attached hydrogens (tertiary/aromatic N) is 1. The van der Waals surface area contributed by atoms with E-state index in [1.165, 1.54) is 12.1 Å². The van der Waals surface area contributed by atoms with E-state index in [2.05, 4.69) is 0 Å². The van der Waals surface area contributed by atoms with Crippen LogP contribution in [0.25, 0.3) is 21.9 Å². The van der Waals surface area contributed by atoms with Crippen molar-refractivity contribution in [2.24, 2.45) is 0 Å². The van der Waals surface area contributed by atoms with E-state index in [-0.39, 0.29) is 11.6 Å². The molecule has 29 heavy (non-hydrogen) atoms. The Morgan fingerprint density at radius 2 is 1.31 bits per heavy atom. The molecule has 0 saturated carbocycles. The fraction of sp³-hybridized carbons (Fsp3) is 0.154. The number of hydrogen-bond acceptors (Lipinski definition) is 1. The van der Waals surface area contributed by atoms with E-state index in [1.54, 1.807) is 29.2 Å². The summed E-state index contributed by atoms with van der Waals surface area (Å²) in [5.74, 6) is -0.756. The molecule has 1 nitrogen and oxygen atoms in total. The molecule has 0 aromatic heterocycles. The molecule has 0 aliphatic carbocycles. The molecule has 0 saturated heterocycles. The predicted molar refractivity (Wildman–Crippen MR) is 118 cm³/mol. The van der Waals surface area contributed by atoms with E-state index in [0.717, 1.165) is 21.9 Å². The van der Waals surface area contributed by atoms with Crippen molar-refractivity contribution < 1.29 is 8.78 Å². The lowest BCUT2D eigenvalue weighted by Gasteiger charge is -2.38. The van der Waals surface area contributed by atoms with Gasteiger partial charge < -0.3 is 4.90 Å². The predicted octanol–water partition coefficient (Wildman–Crippen LogP) is 7.72. The number of hydrogen-bond donors (Lipinski definition) is 0. The zero-order valence-corrected chi connectivity index (χ0v) is 16.8. The first-order valence-electron chi connectivity index (χ1n) is 9.69. The van der Waals surface area contributed by atoms with Gasteiger partial charge in [0, 0.05) is 5.54 Å². The van der Waals surface area contributed by atoms with E-state index >= 15 is 4.39 Å². The molecule has 0 fully saturated rings. The lowest BCUT2D eigenvalue weighted by molar-refractivity contribution is 0.527. The Labute approximate surface area is 170 Å². The molecule has 4 aromatic carbocycles. The topological polar surface area (TPSA) is 3.24 Å². The summed E-state index contributed by atoms with van der Waals surface area (Å²) in [5.41, 5.74) is 1.97. The first-order valence-corrected chi connectivity index (χ1v) is 9.69. The van der Waals surface area contributed by atoms with Gasteiger partial charge in [-0.25, -0.2) is 8.78 Å². The van der Waals surface area contributed by atoms with Crippen LogP contribution in [-0.4, -0.2) is 5.54 Å². The van der Waals surface area contributed by atoms with Gasteiger partial charge in [0.15, 0.2) is 0 Å². The van der Waals surface area contributed by atoms with Gasteiger partial charge in [-0.05, 0) is 66.9 Å². The minimum Gasteiger partial charge on any atom is -0.331 e. The smallest absolute Gasteiger partial charge is 0.147 e. The number of anilines is 2. The molecule has 0 spiro atoms. The monoisotopic (exact) mass is 387 g/mol. The lowest BCUT2D eigenvalue weighted by Crippen LogP contribution is -2.38. The van der Waals surface area contributed by atoms with Crippen LogP contribution in [0.4, 0.5) is 20.2 Å². The van der Waals surface area contributed by atoms with E-state index in [0.29, 0.717) is 11.4 Å². The first kappa shape index (κ1) is 19.1. The second-order valence-electron chi connectivity index (χ2n) is 8.15. The van der Waals surface area contributed by atoms with Gasteiger partial charge in [0.2, 0.25) is 0 Å². The second kappa shape index (κ2) is 7.32. The highest BCUT2D eigenvalue weighted by Gasteiger charge is 2.28. The summed E-state index contributed by atoms with van der Waals surface area (Å²) in [6.07, 6.45) is 0. The summed E-state index contributed by atoms with van der Waals surface area (Å²) in [5, 5.41) is 2.18. The fourth-order valence-corrected chi connectivity index (χ4v) is 3.82. The molecule has 0 heterocycles. The minimum absolute atomic E-state index is 0.353. The molecule has 0 aliphatic rings. The van der Waals surface area contributed by atoms with Gasteiger partial charge in [0.05, 0.1) is 11.4 Å². The summed E-state index contributed by atoms with van der Waals surface area (Å²) in [4.78, 5) is 1.71.